The van der Waals surface area contributed by atoms with Gasteiger partial charge in [0.2, 0.25) is 6.54 Å². The minimum absolute atomic E-state index is 0. The van der Waals surface area contributed by atoms with E-state index in [1.54, 1.807) is 29.1 Å². The van der Waals surface area contributed by atoms with Crippen molar-refractivity contribution in [1.82, 2.24) is 5.32 Å². The molecule has 30 heavy (non-hydrogen) atoms. The Kier molecular flexibility index (Phi) is 8.01. The van der Waals surface area contributed by atoms with Gasteiger partial charge in [0.1, 0.15) is 0 Å². The van der Waals surface area contributed by atoms with Gasteiger partial charge in [0.05, 0.1) is 10.5 Å². The van der Waals surface area contributed by atoms with Crippen molar-refractivity contribution in [3.63, 3.8) is 0 Å². The number of nitro groups is 1. The van der Waals surface area contributed by atoms with Gasteiger partial charge in [-0.25, -0.2) is 0 Å². The number of halogens is 1. The van der Waals surface area contributed by atoms with Crippen molar-refractivity contribution in [2.45, 2.75) is 13.1 Å². The maximum Gasteiger partial charge on any atom is 0.290 e. The minimum atomic E-state index is -0.501. The van der Waals surface area contributed by atoms with Gasteiger partial charge in [-0.15, -0.1) is 0 Å². The second-order valence-electron chi connectivity index (χ2n) is 6.28. The van der Waals surface area contributed by atoms with Gasteiger partial charge >= 0.3 is 0 Å². The summed E-state index contributed by atoms with van der Waals surface area (Å²) in [5.74, 6) is -0.485. The first-order valence-electron chi connectivity index (χ1n) is 8.87. The lowest BCUT2D eigenvalue weighted by atomic mass is 10.2. The van der Waals surface area contributed by atoms with Gasteiger partial charge in [-0.2, -0.15) is 4.57 Å². The summed E-state index contributed by atoms with van der Waals surface area (Å²) in [6.45, 7) is 0.481. The van der Waals surface area contributed by atoms with Crippen LogP contribution in [0.5, 0.6) is 0 Å². The van der Waals surface area contributed by atoms with E-state index in [1.165, 1.54) is 24.3 Å². The van der Waals surface area contributed by atoms with Crippen molar-refractivity contribution in [3.8, 4) is 0 Å². The van der Waals surface area contributed by atoms with Gasteiger partial charge in [-0.3, -0.25) is 19.7 Å². The molecule has 154 valence electrons. The average Bonchev–Trinajstić information content (AvgIpc) is 2.73. The highest BCUT2D eigenvalue weighted by Crippen LogP contribution is 2.15. The maximum absolute atomic E-state index is 12.2. The molecule has 1 aromatic heterocycles. The van der Waals surface area contributed by atoms with E-state index < -0.39 is 4.92 Å². The van der Waals surface area contributed by atoms with Crippen LogP contribution in [0.2, 0.25) is 0 Å². The molecule has 3 rings (SSSR count). The molecule has 3 aromatic rings. The van der Waals surface area contributed by atoms with Crippen LogP contribution in [-0.2, 0) is 17.9 Å². The zero-order chi connectivity index (χ0) is 20.6. The van der Waals surface area contributed by atoms with Crippen LogP contribution >= 0.6 is 0 Å². The number of nitrogens with zero attached hydrogens (tertiary/aromatic N) is 2. The van der Waals surface area contributed by atoms with Crippen LogP contribution in [0.4, 0.5) is 11.4 Å². The van der Waals surface area contributed by atoms with E-state index in [0.29, 0.717) is 17.8 Å². The number of amides is 2. The summed E-state index contributed by atoms with van der Waals surface area (Å²) in [5, 5.41) is 16.2. The monoisotopic (exact) mass is 426 g/mol. The third-order valence-electron chi connectivity index (χ3n) is 4.14. The number of pyridine rings is 1. The molecule has 0 bridgehead atoms. The van der Waals surface area contributed by atoms with Gasteiger partial charge < -0.3 is 23.0 Å². The second kappa shape index (κ2) is 10.7. The normalized spacial score (nSPS) is 9.87. The van der Waals surface area contributed by atoms with E-state index in [9.17, 15) is 19.7 Å². The molecular weight excluding hydrogens is 408 g/mol. The molecule has 0 saturated heterocycles. The standard InChI is InChI=1S/C21H18N4O4.ClH/c26-20(23-18-6-8-19(9-7-18)25(28)29)15-24-12-10-17(11-13-24)21(27)22-14-16-4-2-1-3-5-16;/h1-13H,14-15H2,(H-,22,23,26,27);1H. The highest BCUT2D eigenvalue weighted by molar-refractivity contribution is 5.94. The molecule has 0 unspecified atom stereocenters. The van der Waals surface area contributed by atoms with E-state index in [0.717, 1.165) is 5.56 Å². The van der Waals surface area contributed by atoms with Gasteiger partial charge in [0, 0.05) is 36.5 Å². The van der Waals surface area contributed by atoms with Crippen molar-refractivity contribution in [1.29, 1.82) is 0 Å². The van der Waals surface area contributed by atoms with Gasteiger partial charge in [-0.1, -0.05) is 30.3 Å². The molecule has 8 nitrogen and oxygen atoms in total. The highest BCUT2D eigenvalue weighted by Gasteiger charge is 2.13. The largest absolute Gasteiger partial charge is 1.00 e. The van der Waals surface area contributed by atoms with Crippen LogP contribution in [0.1, 0.15) is 15.9 Å². The molecule has 0 spiro atoms. The predicted octanol–water partition coefficient (Wildman–Crippen LogP) is -0.545. The Morgan fingerprint density at radius 1 is 0.933 bits per heavy atom. The van der Waals surface area contributed by atoms with Crippen LogP contribution in [-0.4, -0.2) is 16.7 Å². The first kappa shape index (κ1) is 22.5. The molecule has 0 fully saturated rings. The number of hydrogen-bond donors (Lipinski definition) is 2. The fraction of sp³-hybridized carbons (Fsp3) is 0.0952. The van der Waals surface area contributed by atoms with E-state index in [4.69, 9.17) is 0 Å². The summed E-state index contributed by atoms with van der Waals surface area (Å²) >= 11 is 0. The van der Waals surface area contributed by atoms with Gasteiger partial charge in [0.15, 0.2) is 12.4 Å². The smallest absolute Gasteiger partial charge is 0.290 e. The zero-order valence-electron chi connectivity index (χ0n) is 15.8. The molecule has 0 aliphatic carbocycles. The average molecular weight is 427 g/mol. The summed E-state index contributed by atoms with van der Waals surface area (Å²) in [6.07, 6.45) is 3.29. The van der Waals surface area contributed by atoms with Crippen LogP contribution in [0.15, 0.2) is 79.1 Å². The van der Waals surface area contributed by atoms with Crippen LogP contribution in [0.25, 0.3) is 0 Å². The molecule has 0 atom stereocenters. The number of carbonyl (C=O) groups excluding carboxylic acids is 2. The Morgan fingerprint density at radius 3 is 2.17 bits per heavy atom. The first-order valence-corrected chi connectivity index (χ1v) is 8.87. The molecule has 0 saturated carbocycles. The fourth-order valence-corrected chi connectivity index (χ4v) is 2.63. The first-order chi connectivity index (χ1) is 14.0. The number of benzene rings is 2. The summed E-state index contributed by atoms with van der Waals surface area (Å²) < 4.78 is 1.63. The van der Waals surface area contributed by atoms with E-state index in [2.05, 4.69) is 10.6 Å². The number of nitrogens with one attached hydrogen (secondary N) is 2. The van der Waals surface area contributed by atoms with Crippen molar-refractivity contribution in [3.05, 3.63) is 100 Å². The third-order valence-corrected chi connectivity index (χ3v) is 4.14. The number of hydrogen-bond acceptors (Lipinski definition) is 4. The lowest BCUT2D eigenvalue weighted by Crippen LogP contribution is -3.00. The molecule has 9 heteroatoms. The van der Waals surface area contributed by atoms with E-state index >= 15 is 0 Å². The lowest BCUT2D eigenvalue weighted by Gasteiger charge is -2.05. The second-order valence-corrected chi connectivity index (χ2v) is 6.28. The maximum atomic E-state index is 12.2. The summed E-state index contributed by atoms with van der Waals surface area (Å²) in [7, 11) is 0. The highest BCUT2D eigenvalue weighted by atomic mass is 35.5. The van der Waals surface area contributed by atoms with E-state index in [1.807, 2.05) is 30.3 Å². The molecule has 2 N–H and O–H groups in total. The zero-order valence-corrected chi connectivity index (χ0v) is 16.6. The molecule has 2 amide bonds. The molecule has 0 aliphatic heterocycles. The van der Waals surface area contributed by atoms with Crippen molar-refractivity contribution < 1.29 is 31.5 Å². The Hall–Kier alpha value is -3.78. The Bertz CT molecular complexity index is 1010. The Morgan fingerprint density at radius 2 is 1.57 bits per heavy atom. The van der Waals surface area contributed by atoms with Crippen LogP contribution < -0.4 is 27.6 Å². The quantitative estimate of drug-likeness (QED) is 0.300. The number of anilines is 1. The number of non-ortho nitro benzene ring substituents is 1. The number of nitro benzene ring substituents is 1. The number of aromatic nitrogens is 1. The fourth-order valence-electron chi connectivity index (χ4n) is 2.63. The summed E-state index contributed by atoms with van der Waals surface area (Å²) in [4.78, 5) is 34.5. The van der Waals surface area contributed by atoms with Crippen molar-refractivity contribution >= 4 is 23.2 Å². The van der Waals surface area contributed by atoms with Crippen molar-refractivity contribution in [2.24, 2.45) is 0 Å². The molecule has 1 heterocycles. The Labute approximate surface area is 179 Å². The van der Waals surface area contributed by atoms with Crippen LogP contribution in [0.3, 0.4) is 0 Å². The van der Waals surface area contributed by atoms with Gasteiger partial charge in [0.25, 0.3) is 17.5 Å². The van der Waals surface area contributed by atoms with Gasteiger partial charge in [-0.05, 0) is 17.7 Å². The number of carbonyl (C=O) groups is 2. The molecule has 0 radical (unpaired) electrons. The minimum Gasteiger partial charge on any atom is -1.00 e. The SMILES string of the molecule is O=C(C[n+]1ccc(C(=O)NCc2ccccc2)cc1)Nc1ccc([N+](=O)[O-])cc1.[Cl-]. The van der Waals surface area contributed by atoms with Crippen LogP contribution in [0, 0.1) is 10.1 Å². The third kappa shape index (κ3) is 6.39. The Balaban J connectivity index is 0.00000320. The molecule has 2 aromatic carbocycles. The topological polar surface area (TPSA) is 105 Å². The lowest BCUT2D eigenvalue weighted by molar-refractivity contribution is -0.684. The summed E-state index contributed by atoms with van der Waals surface area (Å²) in [5.41, 5.74) is 1.93. The summed E-state index contributed by atoms with van der Waals surface area (Å²) in [6, 6.07) is 18.5. The van der Waals surface area contributed by atoms with Crippen molar-refractivity contribution in [2.75, 3.05) is 5.32 Å². The molecule has 0 aliphatic rings. The predicted molar refractivity (Wildman–Crippen MR) is 106 cm³/mol. The number of rotatable bonds is 7. The van der Waals surface area contributed by atoms with E-state index in [-0.39, 0.29) is 36.5 Å². The molecular formula is C21H19ClN4O4.